The number of hydrazine groups is 2. The summed E-state index contributed by atoms with van der Waals surface area (Å²) in [7, 11) is 0. The maximum absolute atomic E-state index is 13.3. The number of nitrogens with one attached hydrogen (secondary N) is 4. The van der Waals surface area contributed by atoms with Crippen LogP contribution >= 0.6 is 0 Å². The van der Waals surface area contributed by atoms with Crippen molar-refractivity contribution < 1.29 is 28.7 Å². The average molecular weight is 522 g/mol. The fraction of sp³-hybridized carbons (Fsp3) is 0.222. The fourth-order valence-corrected chi connectivity index (χ4v) is 4.25. The quantitative estimate of drug-likeness (QED) is 0.156. The molecule has 0 saturated heterocycles. The molecule has 0 spiro atoms. The summed E-state index contributed by atoms with van der Waals surface area (Å²) in [5.41, 5.74) is 8.90. The number of carbonyl (C=O) groups is 3. The van der Waals surface area contributed by atoms with Crippen molar-refractivity contribution >= 4 is 28.6 Å². The summed E-state index contributed by atoms with van der Waals surface area (Å²) >= 11 is 0. The van der Waals surface area contributed by atoms with E-state index in [2.05, 4.69) is 16.3 Å². The lowest BCUT2D eigenvalue weighted by Gasteiger charge is -2.30. The number of ether oxygens (including phenoxy) is 1. The van der Waals surface area contributed by atoms with E-state index >= 15 is 0 Å². The van der Waals surface area contributed by atoms with Gasteiger partial charge in [0, 0.05) is 5.56 Å². The van der Waals surface area contributed by atoms with E-state index in [9.17, 15) is 24.0 Å². The molecule has 1 atom stereocenters. The second-order valence-electron chi connectivity index (χ2n) is 8.62. The Morgan fingerprint density at radius 3 is 2.50 bits per heavy atom. The molecule has 10 nitrogen and oxygen atoms in total. The number of hydrogen-bond donors (Lipinski definition) is 5. The number of halogens is 1. The van der Waals surface area contributed by atoms with E-state index in [1.54, 1.807) is 17.4 Å². The highest BCUT2D eigenvalue weighted by atomic mass is 19.1. The second-order valence-corrected chi connectivity index (χ2v) is 8.62. The smallest absolute Gasteiger partial charge is 0.357 e. The van der Waals surface area contributed by atoms with Gasteiger partial charge in [-0.25, -0.2) is 14.7 Å². The molecule has 0 aliphatic carbocycles. The number of amides is 2. The van der Waals surface area contributed by atoms with Crippen LogP contribution in [0.4, 0.5) is 4.39 Å². The Kier molecular flexibility index (Phi) is 8.51. The maximum Gasteiger partial charge on any atom is 0.357 e. The van der Waals surface area contributed by atoms with Crippen molar-refractivity contribution in [3.05, 3.63) is 95.1 Å². The van der Waals surface area contributed by atoms with Crippen molar-refractivity contribution in [1.29, 1.82) is 0 Å². The van der Waals surface area contributed by atoms with Gasteiger partial charge in [-0.3, -0.25) is 25.2 Å². The van der Waals surface area contributed by atoms with Gasteiger partial charge < -0.3 is 10.1 Å². The summed E-state index contributed by atoms with van der Waals surface area (Å²) in [5.74, 6) is -2.23. The molecule has 0 bridgehead atoms. The molecule has 38 heavy (non-hydrogen) atoms. The first-order valence-corrected chi connectivity index (χ1v) is 12.0. The molecule has 198 valence electrons. The normalized spacial score (nSPS) is 13.7. The number of fused-ring (bicyclic) bond motifs is 1. The first-order valence-electron chi connectivity index (χ1n) is 12.0. The summed E-state index contributed by atoms with van der Waals surface area (Å²) in [4.78, 5) is 37.6. The molecule has 2 amide bonds. The SMILES string of the molecule is CCOC(=O)C1=C(CNC(=O)c2ccc(F)cc2)N(C(CC(=O)NO)Cc2ccc3ccccc3c2)NN1. The molecule has 4 rings (SSSR count). The molecular weight excluding hydrogens is 493 g/mol. The van der Waals surface area contributed by atoms with E-state index in [4.69, 9.17) is 4.74 Å². The molecule has 1 unspecified atom stereocenters. The Balaban J connectivity index is 1.62. The summed E-state index contributed by atoms with van der Waals surface area (Å²) in [6.45, 7) is 1.69. The zero-order valence-corrected chi connectivity index (χ0v) is 20.7. The zero-order valence-electron chi connectivity index (χ0n) is 20.7. The molecule has 1 heterocycles. The largest absolute Gasteiger partial charge is 0.461 e. The van der Waals surface area contributed by atoms with Crippen molar-refractivity contribution in [2.24, 2.45) is 0 Å². The number of benzene rings is 3. The van der Waals surface area contributed by atoms with E-state index in [1.165, 1.54) is 24.3 Å². The number of nitrogens with zero attached hydrogens (tertiary/aromatic N) is 1. The highest BCUT2D eigenvalue weighted by Gasteiger charge is 2.34. The minimum Gasteiger partial charge on any atom is -0.461 e. The Morgan fingerprint density at radius 1 is 1.05 bits per heavy atom. The van der Waals surface area contributed by atoms with Crippen LogP contribution in [0.25, 0.3) is 10.8 Å². The van der Waals surface area contributed by atoms with Crippen LogP contribution in [-0.2, 0) is 20.7 Å². The second kappa shape index (κ2) is 12.2. The van der Waals surface area contributed by atoms with Crippen LogP contribution in [0.1, 0.15) is 29.3 Å². The van der Waals surface area contributed by atoms with Crippen LogP contribution in [0.15, 0.2) is 78.1 Å². The summed E-state index contributed by atoms with van der Waals surface area (Å²) < 4.78 is 18.4. The summed E-state index contributed by atoms with van der Waals surface area (Å²) in [6, 6.07) is 18.3. The monoisotopic (exact) mass is 521 g/mol. The predicted molar refractivity (Wildman–Crippen MR) is 136 cm³/mol. The van der Waals surface area contributed by atoms with Crippen LogP contribution in [-0.4, -0.2) is 47.2 Å². The van der Waals surface area contributed by atoms with Crippen molar-refractivity contribution in [1.82, 2.24) is 26.8 Å². The van der Waals surface area contributed by atoms with Crippen LogP contribution in [0.2, 0.25) is 0 Å². The van der Waals surface area contributed by atoms with Crippen LogP contribution in [0, 0.1) is 5.82 Å². The number of rotatable bonds is 10. The lowest BCUT2D eigenvalue weighted by atomic mass is 9.99. The molecule has 0 fully saturated rings. The third-order valence-corrected chi connectivity index (χ3v) is 6.08. The van der Waals surface area contributed by atoms with Crippen molar-refractivity contribution in [3.63, 3.8) is 0 Å². The number of esters is 1. The minimum absolute atomic E-state index is 0.0687. The van der Waals surface area contributed by atoms with E-state index < -0.39 is 29.6 Å². The average Bonchev–Trinajstić information content (AvgIpc) is 3.35. The van der Waals surface area contributed by atoms with Gasteiger partial charge in [-0.15, -0.1) is 5.53 Å². The van der Waals surface area contributed by atoms with Crippen molar-refractivity contribution in [3.8, 4) is 0 Å². The number of hydrogen-bond acceptors (Lipinski definition) is 8. The Labute approximate surface area is 218 Å². The Hall–Kier alpha value is -4.48. The van der Waals surface area contributed by atoms with Gasteiger partial charge in [0.1, 0.15) is 5.82 Å². The lowest BCUT2D eigenvalue weighted by Crippen LogP contribution is -2.49. The minimum atomic E-state index is -0.649. The van der Waals surface area contributed by atoms with Crippen LogP contribution < -0.4 is 21.8 Å². The van der Waals surface area contributed by atoms with Gasteiger partial charge in [-0.2, -0.15) is 0 Å². The number of hydroxylamine groups is 1. The van der Waals surface area contributed by atoms with Gasteiger partial charge in [0.05, 0.1) is 31.3 Å². The van der Waals surface area contributed by atoms with Crippen LogP contribution in [0.5, 0.6) is 0 Å². The standard InChI is InChI=1S/C27H28FN5O5/c1-2-38-27(36)25-23(16-29-26(35)19-9-11-21(28)12-10-19)33(32-30-25)22(15-24(34)31-37)14-17-7-8-18-5-3-4-6-20(18)13-17/h3-13,22,30,32,37H,2,14-16H2,1H3,(H,29,35)(H,31,34). The van der Waals surface area contributed by atoms with E-state index in [0.717, 1.165) is 16.3 Å². The molecule has 3 aromatic rings. The third kappa shape index (κ3) is 6.25. The highest BCUT2D eigenvalue weighted by molar-refractivity contribution is 5.94. The van der Waals surface area contributed by atoms with Gasteiger partial charge in [0.15, 0.2) is 5.70 Å². The first-order chi connectivity index (χ1) is 18.4. The lowest BCUT2D eigenvalue weighted by molar-refractivity contribution is -0.139. The molecule has 1 aliphatic heterocycles. The molecule has 5 N–H and O–H groups in total. The molecule has 0 radical (unpaired) electrons. The number of carbonyl (C=O) groups excluding carboxylic acids is 3. The maximum atomic E-state index is 13.3. The van der Waals surface area contributed by atoms with E-state index in [0.29, 0.717) is 12.1 Å². The molecule has 0 saturated carbocycles. The molecule has 1 aliphatic rings. The molecule has 11 heteroatoms. The van der Waals surface area contributed by atoms with Gasteiger partial charge in [0.25, 0.3) is 5.91 Å². The van der Waals surface area contributed by atoms with Crippen molar-refractivity contribution in [2.75, 3.05) is 13.2 Å². The third-order valence-electron chi connectivity index (χ3n) is 6.08. The van der Waals surface area contributed by atoms with Crippen LogP contribution in [0.3, 0.4) is 0 Å². The zero-order chi connectivity index (χ0) is 27.1. The topological polar surface area (TPSA) is 132 Å². The molecular formula is C27H28FN5O5. The Morgan fingerprint density at radius 2 is 1.79 bits per heavy atom. The molecule has 3 aromatic carbocycles. The van der Waals surface area contributed by atoms with E-state index in [1.807, 2.05) is 42.5 Å². The predicted octanol–water partition coefficient (Wildman–Crippen LogP) is 2.31. The summed E-state index contributed by atoms with van der Waals surface area (Å²) in [5, 5.41) is 15.6. The Bertz CT molecular complexity index is 1360. The van der Waals surface area contributed by atoms with Gasteiger partial charge in [-0.1, -0.05) is 42.5 Å². The van der Waals surface area contributed by atoms with Gasteiger partial charge >= 0.3 is 5.97 Å². The highest BCUT2D eigenvalue weighted by Crippen LogP contribution is 2.23. The first kappa shape index (κ1) is 26.6. The summed E-state index contributed by atoms with van der Waals surface area (Å²) in [6.07, 6.45) is 0.224. The van der Waals surface area contributed by atoms with Gasteiger partial charge in [-0.05, 0) is 53.9 Å². The van der Waals surface area contributed by atoms with E-state index in [-0.39, 0.29) is 30.8 Å². The molecule has 0 aromatic heterocycles. The fourth-order valence-electron chi connectivity index (χ4n) is 4.25. The van der Waals surface area contributed by atoms with Crippen molar-refractivity contribution in [2.45, 2.75) is 25.8 Å². The van der Waals surface area contributed by atoms with Gasteiger partial charge in [0.2, 0.25) is 5.91 Å².